The molecule has 0 bridgehead atoms. The monoisotopic (exact) mass is 682 g/mol. The summed E-state index contributed by atoms with van der Waals surface area (Å²) in [5.41, 5.74) is 0.0490. The molecule has 4 unspecified atom stereocenters. The van der Waals surface area contributed by atoms with Gasteiger partial charge in [0, 0.05) is 18.0 Å². The van der Waals surface area contributed by atoms with Gasteiger partial charge in [-0.15, -0.1) is 0 Å². The summed E-state index contributed by atoms with van der Waals surface area (Å²) in [6.07, 6.45) is 14.5. The molecule has 8 heteroatoms. The molecular formula is C41H57F3N2O3. The van der Waals surface area contributed by atoms with E-state index in [0.29, 0.717) is 30.0 Å². The maximum atomic E-state index is 15.1. The number of esters is 1. The van der Waals surface area contributed by atoms with Gasteiger partial charge in [-0.2, -0.15) is 0 Å². The SMILES string of the molecule is CCCCCCCCCCC(C)(F)C(=O)Oc1ccc(-c2cnc(-c3ccccc3OC(CCCCCCCC)C(F)C(C)F)nc2)cc1. The topological polar surface area (TPSA) is 61.3 Å². The molecule has 4 atom stereocenters. The van der Waals surface area contributed by atoms with E-state index in [2.05, 4.69) is 23.8 Å². The van der Waals surface area contributed by atoms with E-state index < -0.39 is 30.1 Å². The fraction of sp³-hybridized carbons (Fsp3) is 0.585. The number of ether oxygens (including phenoxy) is 2. The van der Waals surface area contributed by atoms with Gasteiger partial charge in [0.25, 0.3) is 0 Å². The maximum absolute atomic E-state index is 15.1. The third-order valence-corrected chi connectivity index (χ3v) is 9.02. The molecule has 3 rings (SSSR count). The van der Waals surface area contributed by atoms with E-state index in [-0.39, 0.29) is 12.2 Å². The lowest BCUT2D eigenvalue weighted by molar-refractivity contribution is -0.147. The molecule has 0 fully saturated rings. The van der Waals surface area contributed by atoms with Crippen molar-refractivity contribution in [3.8, 4) is 34.0 Å². The van der Waals surface area contributed by atoms with Crippen LogP contribution in [-0.4, -0.2) is 40.1 Å². The minimum atomic E-state index is -2.05. The molecule has 0 amide bonds. The standard InChI is InChI=1S/C41H57F3N2O3/c1-5-7-9-11-13-14-16-20-28-41(4,44)40(47)48-34-26-24-32(25-27-34)33-29-45-39(46-30-33)35-21-18-19-22-36(35)49-37(38(43)31(3)42)23-17-15-12-10-8-6-2/h18-19,21-22,24-27,29-31,37-38H,5-17,20,23,28H2,1-4H3. The van der Waals surface area contributed by atoms with Gasteiger partial charge in [-0.05, 0) is 69.4 Å². The van der Waals surface area contributed by atoms with Crippen molar-refractivity contribution in [1.82, 2.24) is 9.97 Å². The third kappa shape index (κ3) is 13.8. The number of para-hydroxylation sites is 1. The molecule has 0 radical (unpaired) electrons. The van der Waals surface area contributed by atoms with Crippen LogP contribution in [-0.2, 0) is 4.79 Å². The van der Waals surface area contributed by atoms with Crippen molar-refractivity contribution < 1.29 is 27.4 Å². The number of halogens is 3. The molecule has 3 aromatic rings. The van der Waals surface area contributed by atoms with E-state index >= 15 is 4.39 Å². The van der Waals surface area contributed by atoms with Crippen LogP contribution >= 0.6 is 0 Å². The molecule has 0 spiro atoms. The lowest BCUT2D eigenvalue weighted by Gasteiger charge is -2.24. The fourth-order valence-corrected chi connectivity index (χ4v) is 5.86. The summed E-state index contributed by atoms with van der Waals surface area (Å²) >= 11 is 0. The molecule has 1 aromatic heterocycles. The number of alkyl halides is 3. The molecule has 5 nitrogen and oxygen atoms in total. The van der Waals surface area contributed by atoms with Gasteiger partial charge in [0.2, 0.25) is 5.67 Å². The van der Waals surface area contributed by atoms with Crippen LogP contribution in [0.5, 0.6) is 11.5 Å². The average molecular weight is 683 g/mol. The minimum absolute atomic E-state index is 0.139. The zero-order chi connectivity index (χ0) is 35.5. The number of benzene rings is 2. The van der Waals surface area contributed by atoms with Crippen molar-refractivity contribution in [2.45, 2.75) is 155 Å². The van der Waals surface area contributed by atoms with Crippen molar-refractivity contribution in [2.24, 2.45) is 0 Å². The zero-order valence-corrected chi connectivity index (χ0v) is 30.1. The first-order valence-corrected chi connectivity index (χ1v) is 18.5. The molecule has 270 valence electrons. The van der Waals surface area contributed by atoms with Crippen molar-refractivity contribution in [1.29, 1.82) is 0 Å². The summed E-state index contributed by atoms with van der Waals surface area (Å²) in [5, 5.41) is 0. The summed E-state index contributed by atoms with van der Waals surface area (Å²) in [4.78, 5) is 21.7. The Bertz CT molecular complexity index is 1350. The Kier molecular flexibility index (Phi) is 17.7. The van der Waals surface area contributed by atoms with Gasteiger partial charge in [0.1, 0.15) is 23.8 Å². The van der Waals surface area contributed by atoms with Gasteiger partial charge in [-0.25, -0.2) is 27.9 Å². The number of hydrogen-bond donors (Lipinski definition) is 0. The number of aromatic nitrogens is 2. The highest BCUT2D eigenvalue weighted by atomic mass is 19.2. The second-order valence-corrected chi connectivity index (χ2v) is 13.5. The van der Waals surface area contributed by atoms with E-state index in [4.69, 9.17) is 9.47 Å². The Morgan fingerprint density at radius 1 is 0.755 bits per heavy atom. The predicted octanol–water partition coefficient (Wildman–Crippen LogP) is 12.2. The number of rotatable bonds is 24. The molecule has 49 heavy (non-hydrogen) atoms. The van der Waals surface area contributed by atoms with Crippen LogP contribution in [0.1, 0.15) is 130 Å². The predicted molar refractivity (Wildman–Crippen MR) is 193 cm³/mol. The first-order valence-electron chi connectivity index (χ1n) is 18.5. The van der Waals surface area contributed by atoms with E-state index in [0.717, 1.165) is 62.5 Å². The molecule has 2 aromatic carbocycles. The molecule has 0 saturated heterocycles. The smallest absolute Gasteiger partial charge is 0.348 e. The molecule has 1 heterocycles. The number of hydrogen-bond acceptors (Lipinski definition) is 5. The first kappa shape index (κ1) is 40.0. The van der Waals surface area contributed by atoms with Crippen LogP contribution in [0.3, 0.4) is 0 Å². The second-order valence-electron chi connectivity index (χ2n) is 13.5. The van der Waals surface area contributed by atoms with Crippen LogP contribution in [0.2, 0.25) is 0 Å². The molecule has 0 aliphatic rings. The van der Waals surface area contributed by atoms with E-state index in [1.54, 1.807) is 54.9 Å². The van der Waals surface area contributed by atoms with Gasteiger partial charge < -0.3 is 9.47 Å². The normalized spacial score (nSPS) is 14.5. The molecular weight excluding hydrogens is 625 g/mol. The zero-order valence-electron chi connectivity index (χ0n) is 30.1. The summed E-state index contributed by atoms with van der Waals surface area (Å²) in [5.74, 6) is 0.182. The highest BCUT2D eigenvalue weighted by Crippen LogP contribution is 2.32. The van der Waals surface area contributed by atoms with Crippen LogP contribution < -0.4 is 9.47 Å². The number of unbranched alkanes of at least 4 members (excludes halogenated alkanes) is 12. The number of carbonyl (C=O) groups is 1. The van der Waals surface area contributed by atoms with Crippen molar-refractivity contribution >= 4 is 5.97 Å². The van der Waals surface area contributed by atoms with Crippen molar-refractivity contribution in [2.75, 3.05) is 0 Å². The minimum Gasteiger partial charge on any atom is -0.487 e. The van der Waals surface area contributed by atoms with Crippen LogP contribution in [0.25, 0.3) is 22.5 Å². The Morgan fingerprint density at radius 2 is 1.31 bits per heavy atom. The molecule has 0 saturated carbocycles. The summed E-state index contributed by atoms with van der Waals surface area (Å²) in [7, 11) is 0. The van der Waals surface area contributed by atoms with Crippen LogP contribution in [0.15, 0.2) is 60.9 Å². The van der Waals surface area contributed by atoms with Gasteiger partial charge >= 0.3 is 5.97 Å². The molecule has 0 aliphatic heterocycles. The van der Waals surface area contributed by atoms with Crippen molar-refractivity contribution in [3.63, 3.8) is 0 Å². The largest absolute Gasteiger partial charge is 0.487 e. The van der Waals surface area contributed by atoms with Gasteiger partial charge in [0.05, 0.1) is 5.56 Å². The maximum Gasteiger partial charge on any atom is 0.348 e. The van der Waals surface area contributed by atoms with Crippen LogP contribution in [0, 0.1) is 0 Å². The lowest BCUT2D eigenvalue weighted by atomic mass is 9.99. The highest BCUT2D eigenvalue weighted by Gasteiger charge is 2.34. The van der Waals surface area contributed by atoms with E-state index in [1.807, 2.05) is 6.07 Å². The molecule has 0 aliphatic carbocycles. The average Bonchev–Trinajstić information content (AvgIpc) is 3.10. The Labute approximate surface area is 292 Å². The summed E-state index contributed by atoms with van der Waals surface area (Å²) < 4.78 is 55.7. The highest BCUT2D eigenvalue weighted by molar-refractivity contribution is 5.81. The number of carbonyl (C=O) groups excluding carboxylic acids is 1. The summed E-state index contributed by atoms with van der Waals surface area (Å²) in [6.45, 7) is 6.87. The van der Waals surface area contributed by atoms with E-state index in [1.165, 1.54) is 46.0 Å². The first-order chi connectivity index (χ1) is 23.7. The van der Waals surface area contributed by atoms with E-state index in [9.17, 15) is 13.6 Å². The van der Waals surface area contributed by atoms with Gasteiger partial charge in [0.15, 0.2) is 12.0 Å². The second kappa shape index (κ2) is 21.6. The van der Waals surface area contributed by atoms with Crippen LogP contribution in [0.4, 0.5) is 13.2 Å². The summed E-state index contributed by atoms with van der Waals surface area (Å²) in [6, 6.07) is 13.9. The van der Waals surface area contributed by atoms with Gasteiger partial charge in [-0.1, -0.05) is 115 Å². The van der Waals surface area contributed by atoms with Crippen molar-refractivity contribution in [3.05, 3.63) is 60.9 Å². The van der Waals surface area contributed by atoms with Gasteiger partial charge in [-0.3, -0.25) is 0 Å². The molecule has 0 N–H and O–H groups in total. The third-order valence-electron chi connectivity index (χ3n) is 9.02. The fourth-order valence-electron chi connectivity index (χ4n) is 5.86. The Hall–Kier alpha value is -3.42. The number of nitrogens with zero attached hydrogens (tertiary/aromatic N) is 2. The Morgan fingerprint density at radius 3 is 1.90 bits per heavy atom. The quantitative estimate of drug-likeness (QED) is 0.0535. The lowest BCUT2D eigenvalue weighted by Crippen LogP contribution is -2.34. The Balaban J connectivity index is 1.58.